The highest BCUT2D eigenvalue weighted by Crippen LogP contribution is 2.06. The Balaban J connectivity index is 2.56. The van der Waals surface area contributed by atoms with Crippen molar-refractivity contribution in [3.8, 4) is 0 Å². The van der Waals surface area contributed by atoms with Crippen molar-refractivity contribution in [3.63, 3.8) is 0 Å². The summed E-state index contributed by atoms with van der Waals surface area (Å²) in [5, 5.41) is 8.13. The van der Waals surface area contributed by atoms with Crippen molar-refractivity contribution in [2.75, 3.05) is 6.61 Å². The average Bonchev–Trinajstić information content (AvgIpc) is 2.34. The quantitative estimate of drug-likeness (QED) is 0.419. The molecule has 11 heavy (non-hydrogen) atoms. The number of carbonyl (C=O) groups is 3. The number of ether oxygens (including phenoxy) is 2. The molecule has 60 valence electrons. The van der Waals surface area contributed by atoms with Gasteiger partial charge in [-0.05, 0) is 0 Å². The van der Waals surface area contributed by atoms with Gasteiger partial charge in [-0.15, -0.1) is 0 Å². The molecule has 0 bridgehead atoms. The lowest BCUT2D eigenvalue weighted by Crippen LogP contribution is -2.29. The highest BCUT2D eigenvalue weighted by Gasteiger charge is 2.35. The standard InChI is InChI=1S/C5H4O6/c6-3(4(7)8)2-1-10-5(9)11-2/h2H,1H2,(H,7,8). The number of hydrogen-bond donors (Lipinski definition) is 1. The summed E-state index contributed by atoms with van der Waals surface area (Å²) >= 11 is 0. The van der Waals surface area contributed by atoms with Crippen molar-refractivity contribution in [3.05, 3.63) is 0 Å². The van der Waals surface area contributed by atoms with E-state index in [1.165, 1.54) is 0 Å². The van der Waals surface area contributed by atoms with Crippen LogP contribution in [0.3, 0.4) is 0 Å². The van der Waals surface area contributed by atoms with E-state index in [-0.39, 0.29) is 6.61 Å². The molecule has 1 fully saturated rings. The maximum absolute atomic E-state index is 10.5. The first-order chi connectivity index (χ1) is 5.11. The largest absolute Gasteiger partial charge is 0.509 e. The monoisotopic (exact) mass is 160 g/mol. The molecular weight excluding hydrogens is 156 g/mol. The molecule has 0 aromatic rings. The van der Waals surface area contributed by atoms with Gasteiger partial charge >= 0.3 is 12.1 Å². The molecule has 1 atom stereocenters. The lowest BCUT2D eigenvalue weighted by Gasteiger charge is -1.98. The zero-order valence-electron chi connectivity index (χ0n) is 5.27. The van der Waals surface area contributed by atoms with Crippen LogP contribution in [0.15, 0.2) is 0 Å². The molecule has 6 nitrogen and oxygen atoms in total. The van der Waals surface area contributed by atoms with Crippen molar-refractivity contribution >= 4 is 17.9 Å². The number of aliphatic carboxylic acids is 1. The lowest BCUT2D eigenvalue weighted by atomic mass is 10.2. The summed E-state index contributed by atoms with van der Waals surface area (Å²) in [4.78, 5) is 30.7. The third-order valence-electron chi connectivity index (χ3n) is 1.09. The summed E-state index contributed by atoms with van der Waals surface area (Å²) in [5.41, 5.74) is 0. The van der Waals surface area contributed by atoms with Gasteiger partial charge in [-0.1, -0.05) is 0 Å². The van der Waals surface area contributed by atoms with Gasteiger partial charge < -0.3 is 14.6 Å². The van der Waals surface area contributed by atoms with Crippen LogP contribution in [-0.4, -0.2) is 35.7 Å². The Hall–Kier alpha value is -1.59. The molecule has 1 heterocycles. The van der Waals surface area contributed by atoms with Gasteiger partial charge in [0.15, 0.2) is 0 Å². The Morgan fingerprint density at radius 1 is 1.55 bits per heavy atom. The fraction of sp³-hybridized carbons (Fsp3) is 0.400. The van der Waals surface area contributed by atoms with Crippen LogP contribution < -0.4 is 0 Å². The first-order valence-electron chi connectivity index (χ1n) is 2.72. The van der Waals surface area contributed by atoms with E-state index >= 15 is 0 Å². The van der Waals surface area contributed by atoms with Crippen molar-refractivity contribution in [2.24, 2.45) is 0 Å². The highest BCUT2D eigenvalue weighted by atomic mass is 16.8. The third-order valence-corrected chi connectivity index (χ3v) is 1.09. The summed E-state index contributed by atoms with van der Waals surface area (Å²) in [5.74, 6) is -2.80. The molecule has 0 aromatic carbocycles. The zero-order chi connectivity index (χ0) is 8.43. The molecule has 0 radical (unpaired) electrons. The van der Waals surface area contributed by atoms with Gasteiger partial charge in [0.1, 0.15) is 6.61 Å². The number of carboxylic acids is 1. The summed E-state index contributed by atoms with van der Waals surface area (Å²) in [6, 6.07) is 0. The smallest absolute Gasteiger partial charge is 0.475 e. The number of rotatable bonds is 2. The van der Waals surface area contributed by atoms with Crippen LogP contribution >= 0.6 is 0 Å². The van der Waals surface area contributed by atoms with Crippen LogP contribution in [0, 0.1) is 0 Å². The minimum absolute atomic E-state index is 0.316. The van der Waals surface area contributed by atoms with Crippen molar-refractivity contribution in [2.45, 2.75) is 6.10 Å². The molecule has 1 saturated heterocycles. The van der Waals surface area contributed by atoms with E-state index in [0.717, 1.165) is 0 Å². The molecule has 0 saturated carbocycles. The molecule has 1 N–H and O–H groups in total. The predicted octanol–water partition coefficient (Wildman–Crippen LogP) is -0.825. The Bertz CT molecular complexity index is 219. The van der Waals surface area contributed by atoms with Crippen LogP contribution in [0.25, 0.3) is 0 Å². The Kier molecular flexibility index (Phi) is 1.75. The molecule has 0 aliphatic carbocycles. The average molecular weight is 160 g/mol. The summed E-state index contributed by atoms with van der Waals surface area (Å²) in [7, 11) is 0. The van der Waals surface area contributed by atoms with Crippen LogP contribution in [-0.2, 0) is 19.1 Å². The van der Waals surface area contributed by atoms with Gasteiger partial charge in [-0.2, -0.15) is 0 Å². The topological polar surface area (TPSA) is 89.9 Å². The first-order valence-corrected chi connectivity index (χ1v) is 2.72. The van der Waals surface area contributed by atoms with Crippen molar-refractivity contribution in [1.29, 1.82) is 0 Å². The van der Waals surface area contributed by atoms with Crippen molar-refractivity contribution < 1.29 is 29.0 Å². The molecule has 0 spiro atoms. The van der Waals surface area contributed by atoms with Gasteiger partial charge in [-0.25, -0.2) is 9.59 Å². The number of carbonyl (C=O) groups excluding carboxylic acids is 2. The van der Waals surface area contributed by atoms with Crippen LogP contribution in [0.5, 0.6) is 0 Å². The maximum Gasteiger partial charge on any atom is 0.509 e. The Morgan fingerprint density at radius 2 is 2.18 bits per heavy atom. The second-order valence-electron chi connectivity index (χ2n) is 1.84. The number of carboxylic acid groups (broad SMARTS) is 1. The maximum atomic E-state index is 10.5. The van der Waals surface area contributed by atoms with Gasteiger partial charge in [0.2, 0.25) is 6.10 Å². The molecule has 1 aliphatic heterocycles. The minimum Gasteiger partial charge on any atom is -0.475 e. The Morgan fingerprint density at radius 3 is 2.55 bits per heavy atom. The summed E-state index contributed by atoms with van der Waals surface area (Å²) in [6.07, 6.45) is -2.29. The predicted molar refractivity (Wildman–Crippen MR) is 28.9 cm³/mol. The third kappa shape index (κ3) is 1.46. The fourth-order valence-corrected chi connectivity index (χ4v) is 0.595. The molecular formula is C5H4O6. The first kappa shape index (κ1) is 7.52. The van der Waals surface area contributed by atoms with Crippen LogP contribution in [0.1, 0.15) is 0 Å². The fourth-order valence-electron chi connectivity index (χ4n) is 0.595. The van der Waals surface area contributed by atoms with Gasteiger partial charge in [0.05, 0.1) is 0 Å². The van der Waals surface area contributed by atoms with Gasteiger partial charge in [0, 0.05) is 0 Å². The van der Waals surface area contributed by atoms with E-state index in [2.05, 4.69) is 9.47 Å². The van der Waals surface area contributed by atoms with Crippen LogP contribution in [0.4, 0.5) is 4.79 Å². The minimum atomic E-state index is -1.63. The summed E-state index contributed by atoms with van der Waals surface area (Å²) < 4.78 is 8.38. The van der Waals surface area contributed by atoms with E-state index in [1.54, 1.807) is 0 Å². The lowest BCUT2D eigenvalue weighted by molar-refractivity contribution is -0.152. The van der Waals surface area contributed by atoms with Gasteiger partial charge in [-0.3, -0.25) is 4.79 Å². The number of ketones is 1. The normalized spacial score (nSPS) is 22.2. The second kappa shape index (κ2) is 2.57. The Labute approximate surface area is 60.7 Å². The van der Waals surface area contributed by atoms with E-state index < -0.39 is 24.0 Å². The molecule has 6 heteroatoms. The van der Waals surface area contributed by atoms with E-state index in [9.17, 15) is 14.4 Å². The van der Waals surface area contributed by atoms with Gasteiger partial charge in [0.25, 0.3) is 5.78 Å². The SMILES string of the molecule is O=C1OCC(C(=O)C(=O)O)O1. The molecule has 0 aromatic heterocycles. The molecule has 0 amide bonds. The number of hydrogen-bond acceptors (Lipinski definition) is 5. The van der Waals surface area contributed by atoms with E-state index in [1.807, 2.05) is 0 Å². The molecule has 1 rings (SSSR count). The van der Waals surface area contributed by atoms with Crippen LogP contribution in [0.2, 0.25) is 0 Å². The summed E-state index contributed by atoms with van der Waals surface area (Å²) in [6.45, 7) is -0.316. The molecule has 1 aliphatic rings. The molecule has 1 unspecified atom stereocenters. The number of Topliss-reactive ketones (excluding diaryl/α,β-unsaturated/α-hetero) is 1. The van der Waals surface area contributed by atoms with E-state index in [4.69, 9.17) is 5.11 Å². The number of cyclic esters (lactones) is 2. The highest BCUT2D eigenvalue weighted by molar-refractivity contribution is 6.34. The zero-order valence-corrected chi connectivity index (χ0v) is 5.27. The second-order valence-corrected chi connectivity index (χ2v) is 1.84. The van der Waals surface area contributed by atoms with E-state index in [0.29, 0.717) is 0 Å². The van der Waals surface area contributed by atoms with Crippen molar-refractivity contribution in [1.82, 2.24) is 0 Å².